The fourth-order valence-corrected chi connectivity index (χ4v) is 4.61. The topological polar surface area (TPSA) is 72.5 Å². The van der Waals surface area contributed by atoms with Crippen molar-refractivity contribution < 1.29 is 17.9 Å². The van der Waals surface area contributed by atoms with E-state index in [0.29, 0.717) is 17.2 Å². The fourth-order valence-electron chi connectivity index (χ4n) is 2.35. The lowest BCUT2D eigenvalue weighted by atomic mass is 10.0. The maximum absolute atomic E-state index is 11.9. The van der Waals surface area contributed by atoms with Crippen molar-refractivity contribution in [2.75, 3.05) is 18.1 Å². The van der Waals surface area contributed by atoms with Gasteiger partial charge in [-0.05, 0) is 38.0 Å². The number of nitrogens with one attached hydrogen (secondary N) is 1. The van der Waals surface area contributed by atoms with Crippen molar-refractivity contribution in [3.8, 4) is 5.75 Å². The third-order valence-electron chi connectivity index (χ3n) is 3.39. The van der Waals surface area contributed by atoms with Crippen LogP contribution >= 0.6 is 11.6 Å². The molecule has 0 bridgehead atoms. The maximum atomic E-state index is 11.9. The highest BCUT2D eigenvalue weighted by Gasteiger charge is 2.39. The number of rotatable bonds is 4. The Hall–Kier alpha value is -1.27. The van der Waals surface area contributed by atoms with Crippen LogP contribution in [0.25, 0.3) is 0 Å². The summed E-state index contributed by atoms with van der Waals surface area (Å²) in [7, 11) is -3.06. The average Bonchev–Trinajstić information content (AvgIpc) is 2.64. The summed E-state index contributed by atoms with van der Waals surface area (Å²) in [6.45, 7) is 3.43. The third-order valence-corrected chi connectivity index (χ3v) is 5.61. The Bertz CT molecular complexity index is 659. The van der Waals surface area contributed by atoms with Gasteiger partial charge >= 0.3 is 0 Å². The standard InChI is InChI=1S/C14H18ClNO4S/c1-10-3-4-11(15)12(7-10)20-8-13(17)16-14(2)5-6-21(18,19)9-14/h3-4,7H,5-6,8-9H2,1-2H3,(H,16,17)/t14-/m1/s1. The number of hydrogen-bond donors (Lipinski definition) is 1. The smallest absolute Gasteiger partial charge is 0.258 e. The largest absolute Gasteiger partial charge is 0.482 e. The highest BCUT2D eigenvalue weighted by Crippen LogP contribution is 2.25. The first kappa shape index (κ1) is 16.1. The Morgan fingerprint density at radius 2 is 2.19 bits per heavy atom. The Morgan fingerprint density at radius 1 is 1.48 bits per heavy atom. The molecule has 1 N–H and O–H groups in total. The van der Waals surface area contributed by atoms with E-state index in [1.165, 1.54) is 0 Å². The molecule has 1 amide bonds. The van der Waals surface area contributed by atoms with Crippen LogP contribution in [0.2, 0.25) is 5.02 Å². The number of hydrogen-bond acceptors (Lipinski definition) is 4. The van der Waals surface area contributed by atoms with Gasteiger partial charge in [0.05, 0.1) is 22.1 Å². The lowest BCUT2D eigenvalue weighted by Crippen LogP contribution is -2.48. The molecule has 1 aromatic carbocycles. The van der Waals surface area contributed by atoms with Crippen molar-refractivity contribution in [3.05, 3.63) is 28.8 Å². The van der Waals surface area contributed by atoms with E-state index in [1.54, 1.807) is 19.1 Å². The quantitative estimate of drug-likeness (QED) is 0.911. The first-order valence-electron chi connectivity index (χ1n) is 6.60. The number of halogens is 1. The van der Waals surface area contributed by atoms with E-state index in [4.69, 9.17) is 16.3 Å². The van der Waals surface area contributed by atoms with Crippen molar-refractivity contribution in [2.24, 2.45) is 0 Å². The van der Waals surface area contributed by atoms with Gasteiger partial charge in [0.15, 0.2) is 16.4 Å². The zero-order valence-electron chi connectivity index (χ0n) is 12.0. The Labute approximate surface area is 129 Å². The minimum Gasteiger partial charge on any atom is -0.482 e. The molecule has 1 aliphatic heterocycles. The van der Waals surface area contributed by atoms with Crippen molar-refractivity contribution >= 4 is 27.3 Å². The average molecular weight is 332 g/mol. The Morgan fingerprint density at radius 3 is 2.81 bits per heavy atom. The van der Waals surface area contributed by atoms with Crippen LogP contribution < -0.4 is 10.1 Å². The van der Waals surface area contributed by atoms with E-state index < -0.39 is 15.4 Å². The number of carbonyl (C=O) groups is 1. The van der Waals surface area contributed by atoms with Gasteiger partial charge in [-0.2, -0.15) is 0 Å². The molecular formula is C14H18ClNO4S. The molecule has 1 aliphatic rings. The van der Waals surface area contributed by atoms with Gasteiger partial charge in [-0.15, -0.1) is 0 Å². The van der Waals surface area contributed by atoms with E-state index in [0.717, 1.165) is 5.56 Å². The monoisotopic (exact) mass is 331 g/mol. The Balaban J connectivity index is 1.92. The van der Waals surface area contributed by atoms with Gasteiger partial charge in [0.2, 0.25) is 0 Å². The number of carbonyl (C=O) groups excluding carboxylic acids is 1. The minimum atomic E-state index is -3.06. The van der Waals surface area contributed by atoms with Gasteiger partial charge in [0.1, 0.15) is 5.75 Å². The van der Waals surface area contributed by atoms with E-state index in [2.05, 4.69) is 5.32 Å². The zero-order valence-corrected chi connectivity index (χ0v) is 13.6. The number of sulfone groups is 1. The van der Waals surface area contributed by atoms with Crippen LogP contribution in [-0.4, -0.2) is 38.0 Å². The van der Waals surface area contributed by atoms with E-state index >= 15 is 0 Å². The van der Waals surface area contributed by atoms with Gasteiger partial charge in [-0.1, -0.05) is 17.7 Å². The summed E-state index contributed by atoms with van der Waals surface area (Å²) >= 11 is 5.98. The first-order chi connectivity index (χ1) is 9.69. The second-order valence-electron chi connectivity index (χ2n) is 5.67. The molecule has 1 fully saturated rings. The summed E-state index contributed by atoms with van der Waals surface area (Å²) < 4.78 is 28.4. The molecule has 1 saturated heterocycles. The number of amides is 1. The molecule has 5 nitrogen and oxygen atoms in total. The third kappa shape index (κ3) is 4.35. The number of aryl methyl sites for hydroxylation is 1. The normalized spacial score (nSPS) is 23.8. The molecule has 2 rings (SSSR count). The molecule has 116 valence electrons. The fraction of sp³-hybridized carbons (Fsp3) is 0.500. The number of ether oxygens (including phenoxy) is 1. The highest BCUT2D eigenvalue weighted by molar-refractivity contribution is 7.91. The second-order valence-corrected chi connectivity index (χ2v) is 8.26. The summed E-state index contributed by atoms with van der Waals surface area (Å²) in [4.78, 5) is 11.9. The molecular weight excluding hydrogens is 314 g/mol. The van der Waals surface area contributed by atoms with Crippen LogP contribution in [0.4, 0.5) is 0 Å². The van der Waals surface area contributed by atoms with E-state index in [-0.39, 0.29) is 24.0 Å². The molecule has 0 spiro atoms. The number of benzene rings is 1. The minimum absolute atomic E-state index is 0.0308. The predicted molar refractivity (Wildman–Crippen MR) is 81.5 cm³/mol. The van der Waals surface area contributed by atoms with Crippen LogP contribution in [0.5, 0.6) is 5.75 Å². The van der Waals surface area contributed by atoms with Gasteiger partial charge in [-0.25, -0.2) is 8.42 Å². The zero-order chi connectivity index (χ0) is 15.7. The van der Waals surface area contributed by atoms with Crippen LogP contribution in [0, 0.1) is 6.92 Å². The summed E-state index contributed by atoms with van der Waals surface area (Å²) in [6.07, 6.45) is 0.423. The molecule has 1 atom stereocenters. The summed E-state index contributed by atoms with van der Waals surface area (Å²) in [5.74, 6) is 0.161. The molecule has 0 saturated carbocycles. The second kappa shape index (κ2) is 5.85. The van der Waals surface area contributed by atoms with Crippen molar-refractivity contribution in [1.29, 1.82) is 0 Å². The Kier molecular flexibility index (Phi) is 4.49. The molecule has 0 unspecified atom stereocenters. The van der Waals surface area contributed by atoms with Crippen LogP contribution in [0.3, 0.4) is 0 Å². The molecule has 0 aliphatic carbocycles. The van der Waals surface area contributed by atoms with Gasteiger partial charge < -0.3 is 10.1 Å². The SMILES string of the molecule is Cc1ccc(Cl)c(OCC(=O)N[C@]2(C)CCS(=O)(=O)C2)c1. The molecule has 1 aromatic rings. The lowest BCUT2D eigenvalue weighted by Gasteiger charge is -2.23. The highest BCUT2D eigenvalue weighted by atomic mass is 35.5. The first-order valence-corrected chi connectivity index (χ1v) is 8.79. The molecule has 1 heterocycles. The van der Waals surface area contributed by atoms with Crippen LogP contribution in [0.15, 0.2) is 18.2 Å². The molecule has 0 radical (unpaired) electrons. The van der Waals surface area contributed by atoms with Crippen LogP contribution in [0.1, 0.15) is 18.9 Å². The molecule has 7 heteroatoms. The summed E-state index contributed by atoms with van der Waals surface area (Å²) in [6, 6.07) is 5.30. The van der Waals surface area contributed by atoms with Crippen molar-refractivity contribution in [1.82, 2.24) is 5.32 Å². The molecule has 0 aromatic heterocycles. The lowest BCUT2D eigenvalue weighted by molar-refractivity contribution is -0.124. The summed E-state index contributed by atoms with van der Waals surface area (Å²) in [5, 5.41) is 3.16. The summed E-state index contributed by atoms with van der Waals surface area (Å²) in [5.41, 5.74) is 0.263. The molecule has 21 heavy (non-hydrogen) atoms. The van der Waals surface area contributed by atoms with Crippen LogP contribution in [-0.2, 0) is 14.6 Å². The predicted octanol–water partition coefficient (Wildman–Crippen LogP) is 1.72. The van der Waals surface area contributed by atoms with Gasteiger partial charge in [0.25, 0.3) is 5.91 Å². The van der Waals surface area contributed by atoms with Gasteiger partial charge in [0, 0.05) is 0 Å². The van der Waals surface area contributed by atoms with Crippen molar-refractivity contribution in [3.63, 3.8) is 0 Å². The maximum Gasteiger partial charge on any atom is 0.258 e. The van der Waals surface area contributed by atoms with E-state index in [1.807, 2.05) is 13.0 Å². The van der Waals surface area contributed by atoms with Crippen molar-refractivity contribution in [2.45, 2.75) is 25.8 Å². The van der Waals surface area contributed by atoms with E-state index in [9.17, 15) is 13.2 Å². The van der Waals surface area contributed by atoms with Gasteiger partial charge in [-0.3, -0.25) is 4.79 Å².